The molecule has 1 saturated carbocycles. The number of hydrogen-bond acceptors (Lipinski definition) is 7. The average molecular weight is 451 g/mol. The molecule has 3 heterocycles. The Labute approximate surface area is 192 Å². The normalized spacial score (nSPS) is 21.1. The van der Waals surface area contributed by atoms with Crippen LogP contribution in [0.15, 0.2) is 30.5 Å². The lowest BCUT2D eigenvalue weighted by Crippen LogP contribution is -2.36. The smallest absolute Gasteiger partial charge is 0.244 e. The van der Waals surface area contributed by atoms with Crippen molar-refractivity contribution in [2.24, 2.45) is 0 Å². The molecule has 1 aliphatic rings. The summed E-state index contributed by atoms with van der Waals surface area (Å²) in [5, 5.41) is 27.7. The summed E-state index contributed by atoms with van der Waals surface area (Å²) in [4.78, 5) is 9.24. The van der Waals surface area contributed by atoms with Crippen LogP contribution in [0.4, 0.5) is 5.95 Å². The molecule has 0 saturated heterocycles. The van der Waals surface area contributed by atoms with Gasteiger partial charge in [-0.1, -0.05) is 6.07 Å². The highest BCUT2D eigenvalue weighted by Crippen LogP contribution is 2.34. The molecule has 4 aromatic rings. The van der Waals surface area contributed by atoms with E-state index in [1.807, 2.05) is 42.8 Å². The first kappa shape index (κ1) is 21.7. The molecule has 9 heteroatoms. The zero-order valence-electron chi connectivity index (χ0n) is 19.2. The van der Waals surface area contributed by atoms with Gasteiger partial charge in [0.25, 0.3) is 0 Å². The Morgan fingerprint density at radius 3 is 2.73 bits per heavy atom. The van der Waals surface area contributed by atoms with Crippen molar-refractivity contribution in [3.05, 3.63) is 36.3 Å². The molecule has 3 N–H and O–H groups in total. The fraction of sp³-hybridized carbons (Fsp3) is 0.458. The van der Waals surface area contributed by atoms with Gasteiger partial charge in [-0.25, -0.2) is 9.50 Å². The average Bonchev–Trinajstić information content (AvgIpc) is 3.35. The molecular weight excluding hydrogens is 420 g/mol. The van der Waals surface area contributed by atoms with Crippen molar-refractivity contribution in [2.75, 3.05) is 19.0 Å². The monoisotopic (exact) mass is 450 g/mol. The summed E-state index contributed by atoms with van der Waals surface area (Å²) in [5.74, 6) is 1.88. The number of rotatable bonds is 6. The highest BCUT2D eigenvalue weighted by atomic mass is 16.5. The Morgan fingerprint density at radius 1 is 1.21 bits per heavy atom. The number of imidazole rings is 1. The van der Waals surface area contributed by atoms with Gasteiger partial charge in [-0.2, -0.15) is 4.98 Å². The van der Waals surface area contributed by atoms with Gasteiger partial charge in [0.05, 0.1) is 30.4 Å². The zero-order valence-corrected chi connectivity index (χ0v) is 19.2. The Morgan fingerprint density at radius 2 is 2.00 bits per heavy atom. The first-order valence-electron chi connectivity index (χ1n) is 11.4. The molecule has 1 fully saturated rings. The Bertz CT molecular complexity index is 1300. The Hall–Kier alpha value is -3.17. The number of aliphatic hydroxyl groups is 2. The Balaban J connectivity index is 1.51. The first-order valence-corrected chi connectivity index (χ1v) is 11.4. The molecule has 0 atom stereocenters. The van der Waals surface area contributed by atoms with Crippen LogP contribution >= 0.6 is 0 Å². The highest BCUT2D eigenvalue weighted by Gasteiger charge is 2.29. The number of aliphatic hydroxyl groups excluding tert-OH is 1. The number of aromatic nitrogens is 5. The summed E-state index contributed by atoms with van der Waals surface area (Å²) >= 11 is 0. The summed E-state index contributed by atoms with van der Waals surface area (Å²) in [6, 6.07) is 8.35. The number of anilines is 1. The van der Waals surface area contributed by atoms with E-state index in [0.717, 1.165) is 59.2 Å². The van der Waals surface area contributed by atoms with Crippen LogP contribution in [-0.4, -0.2) is 59.7 Å². The third-order valence-corrected chi connectivity index (χ3v) is 6.64. The minimum atomic E-state index is -0.581. The van der Waals surface area contributed by atoms with Gasteiger partial charge in [0.2, 0.25) is 11.8 Å². The van der Waals surface area contributed by atoms with Gasteiger partial charge in [0.15, 0.2) is 0 Å². The second kappa shape index (κ2) is 8.31. The minimum Gasteiger partial charge on any atom is -0.479 e. The van der Waals surface area contributed by atoms with Crippen molar-refractivity contribution in [1.29, 1.82) is 0 Å². The summed E-state index contributed by atoms with van der Waals surface area (Å²) in [6.45, 7) is 4.40. The van der Waals surface area contributed by atoms with Crippen LogP contribution < -0.4 is 10.1 Å². The van der Waals surface area contributed by atoms with Gasteiger partial charge in [-0.15, -0.1) is 5.10 Å². The van der Waals surface area contributed by atoms with Gasteiger partial charge in [0.1, 0.15) is 11.3 Å². The number of aryl methyl sites for hydroxylation is 1. The fourth-order valence-corrected chi connectivity index (χ4v) is 4.79. The third kappa shape index (κ3) is 4.02. The number of hydrogen-bond donors (Lipinski definition) is 3. The molecule has 0 unspecified atom stereocenters. The Kier molecular flexibility index (Phi) is 5.46. The van der Waals surface area contributed by atoms with Crippen LogP contribution in [0.3, 0.4) is 0 Å². The number of ether oxygens (including phenoxy) is 1. The first-order chi connectivity index (χ1) is 15.9. The summed E-state index contributed by atoms with van der Waals surface area (Å²) in [7, 11) is 1.61. The van der Waals surface area contributed by atoms with Gasteiger partial charge < -0.3 is 24.8 Å². The third-order valence-electron chi connectivity index (χ3n) is 6.64. The van der Waals surface area contributed by atoms with Gasteiger partial charge in [-0.05, 0) is 63.3 Å². The maximum absolute atomic E-state index is 10.2. The summed E-state index contributed by atoms with van der Waals surface area (Å²) in [6.07, 6.45) is 5.16. The molecule has 33 heavy (non-hydrogen) atoms. The molecule has 0 amide bonds. The topological polar surface area (TPSA) is 110 Å². The van der Waals surface area contributed by atoms with E-state index in [9.17, 15) is 10.2 Å². The predicted molar refractivity (Wildman–Crippen MR) is 127 cm³/mol. The molecule has 0 bridgehead atoms. The van der Waals surface area contributed by atoms with Crippen molar-refractivity contribution in [3.8, 4) is 17.0 Å². The van der Waals surface area contributed by atoms with Crippen molar-refractivity contribution < 1.29 is 14.9 Å². The maximum Gasteiger partial charge on any atom is 0.244 e. The van der Waals surface area contributed by atoms with Crippen LogP contribution in [0.1, 0.15) is 38.4 Å². The molecule has 0 radical (unpaired) electrons. The molecular formula is C24H30N6O3. The number of nitrogens with one attached hydrogen (secondary N) is 1. The molecule has 3 aromatic heterocycles. The lowest BCUT2D eigenvalue weighted by Gasteiger charge is -2.33. The molecule has 5 rings (SSSR count). The van der Waals surface area contributed by atoms with Crippen molar-refractivity contribution in [3.63, 3.8) is 0 Å². The van der Waals surface area contributed by atoms with E-state index < -0.39 is 5.60 Å². The SMILES string of the molecule is COc1nc(N[C@H]2CC[C@](C)(O)CC2)nn2ccc(-c3ccc4nc(C)n(CCO)c4c3)c12. The van der Waals surface area contributed by atoms with Crippen LogP contribution in [0.5, 0.6) is 5.88 Å². The fourth-order valence-electron chi connectivity index (χ4n) is 4.79. The van der Waals surface area contributed by atoms with E-state index in [1.54, 1.807) is 11.6 Å². The quantitative estimate of drug-likeness (QED) is 0.414. The van der Waals surface area contributed by atoms with Gasteiger partial charge in [-0.3, -0.25) is 0 Å². The molecule has 174 valence electrons. The number of fused-ring (bicyclic) bond motifs is 2. The van der Waals surface area contributed by atoms with Gasteiger partial charge >= 0.3 is 0 Å². The standard InChI is InChI=1S/C24H30N6O3/c1-15-25-19-5-4-16(14-20(19)29(15)12-13-31)18-8-11-30-21(18)22(33-3)27-23(28-30)26-17-6-9-24(2,32)10-7-17/h4-5,8,11,14,17,31-32H,6-7,9-10,12-13H2,1-3H3,(H,26,28)/t17-,24-. The number of benzene rings is 1. The van der Waals surface area contributed by atoms with E-state index in [1.165, 1.54) is 0 Å². The maximum atomic E-state index is 10.2. The molecule has 1 aliphatic carbocycles. The summed E-state index contributed by atoms with van der Waals surface area (Å²) < 4.78 is 9.48. The molecule has 0 spiro atoms. The number of nitrogens with zero attached hydrogens (tertiary/aromatic N) is 5. The molecule has 9 nitrogen and oxygen atoms in total. The lowest BCUT2D eigenvalue weighted by atomic mass is 9.84. The largest absolute Gasteiger partial charge is 0.479 e. The van der Waals surface area contributed by atoms with E-state index in [0.29, 0.717) is 18.4 Å². The van der Waals surface area contributed by atoms with E-state index >= 15 is 0 Å². The minimum absolute atomic E-state index is 0.0572. The van der Waals surface area contributed by atoms with Crippen LogP contribution in [0.2, 0.25) is 0 Å². The van der Waals surface area contributed by atoms with E-state index in [4.69, 9.17) is 4.74 Å². The predicted octanol–water partition coefficient (Wildman–Crippen LogP) is 3.16. The van der Waals surface area contributed by atoms with Crippen LogP contribution in [0, 0.1) is 6.92 Å². The molecule has 1 aromatic carbocycles. The van der Waals surface area contributed by atoms with E-state index in [2.05, 4.69) is 26.4 Å². The van der Waals surface area contributed by atoms with Crippen molar-refractivity contribution >= 4 is 22.5 Å². The van der Waals surface area contributed by atoms with Crippen LogP contribution in [-0.2, 0) is 6.54 Å². The summed E-state index contributed by atoms with van der Waals surface area (Å²) in [5.41, 5.74) is 4.05. The van der Waals surface area contributed by atoms with Crippen molar-refractivity contribution in [1.82, 2.24) is 24.1 Å². The van der Waals surface area contributed by atoms with Crippen LogP contribution in [0.25, 0.3) is 27.7 Å². The van der Waals surface area contributed by atoms with Gasteiger partial charge in [0, 0.05) is 24.3 Å². The highest BCUT2D eigenvalue weighted by molar-refractivity contribution is 5.89. The molecule has 0 aliphatic heterocycles. The number of methoxy groups -OCH3 is 1. The second-order valence-corrected chi connectivity index (χ2v) is 9.12. The zero-order chi connectivity index (χ0) is 23.2. The van der Waals surface area contributed by atoms with E-state index in [-0.39, 0.29) is 12.6 Å². The second-order valence-electron chi connectivity index (χ2n) is 9.12. The lowest BCUT2D eigenvalue weighted by molar-refractivity contribution is 0.0195. The van der Waals surface area contributed by atoms with Crippen molar-refractivity contribution in [2.45, 2.75) is 57.7 Å².